The van der Waals surface area contributed by atoms with Crippen molar-refractivity contribution in [1.82, 2.24) is 4.57 Å². The van der Waals surface area contributed by atoms with E-state index in [0.717, 1.165) is 0 Å². The molecule has 0 radical (unpaired) electrons. The Morgan fingerprint density at radius 2 is 2.09 bits per heavy atom. The predicted molar refractivity (Wildman–Crippen MR) is 92.9 cm³/mol. The molecule has 2 aromatic heterocycles. The molecule has 2 heterocycles. The summed E-state index contributed by atoms with van der Waals surface area (Å²) in [4.78, 5) is 24.9. The van der Waals surface area contributed by atoms with E-state index >= 15 is 0 Å². The molecule has 3 rings (SSSR count). The van der Waals surface area contributed by atoms with Crippen molar-refractivity contribution >= 4 is 44.7 Å². The topological polar surface area (TPSA) is 71.3 Å². The molecule has 0 bridgehead atoms. The second-order valence-electron chi connectivity index (χ2n) is 5.09. The third kappa shape index (κ3) is 2.50. The van der Waals surface area contributed by atoms with Gasteiger partial charge in [0, 0.05) is 17.8 Å². The summed E-state index contributed by atoms with van der Waals surface area (Å²) >= 11 is 7.30. The smallest absolute Gasteiger partial charge is 0.267 e. The molecule has 0 saturated carbocycles. The van der Waals surface area contributed by atoms with E-state index in [1.54, 1.807) is 43.6 Å². The van der Waals surface area contributed by atoms with Crippen LogP contribution in [-0.2, 0) is 7.05 Å². The molecule has 3 aromatic rings. The number of halogens is 1. The Kier molecular flexibility index (Phi) is 3.87. The molecule has 0 fully saturated rings. The average Bonchev–Trinajstić information content (AvgIpc) is 3.00. The zero-order valence-electron chi connectivity index (χ0n) is 12.4. The van der Waals surface area contributed by atoms with Gasteiger partial charge in [-0.25, -0.2) is 0 Å². The molecule has 0 aliphatic carbocycles. The van der Waals surface area contributed by atoms with Crippen molar-refractivity contribution in [2.24, 2.45) is 7.05 Å². The number of hydrogen-bond acceptors (Lipinski definition) is 4. The van der Waals surface area contributed by atoms with E-state index in [0.29, 0.717) is 26.5 Å². The van der Waals surface area contributed by atoms with Gasteiger partial charge in [0.05, 0.1) is 10.2 Å². The van der Waals surface area contributed by atoms with Gasteiger partial charge in [-0.05, 0) is 36.1 Å². The van der Waals surface area contributed by atoms with Crippen molar-refractivity contribution in [3.63, 3.8) is 0 Å². The summed E-state index contributed by atoms with van der Waals surface area (Å²) in [5.74, 6) is -0.959. The Labute approximate surface area is 140 Å². The molecule has 118 valence electrons. The van der Waals surface area contributed by atoms with Crippen LogP contribution in [0.5, 0.6) is 5.75 Å². The van der Waals surface area contributed by atoms with E-state index in [9.17, 15) is 14.7 Å². The quantitative estimate of drug-likeness (QED) is 0.744. The molecule has 1 amide bonds. The van der Waals surface area contributed by atoms with Gasteiger partial charge in [-0.1, -0.05) is 17.7 Å². The summed E-state index contributed by atoms with van der Waals surface area (Å²) < 4.78 is 1.85. The number of aryl methyl sites for hydroxylation is 1. The minimum atomic E-state index is -0.663. The number of nitrogens with zero attached hydrogens (tertiary/aromatic N) is 1. The van der Waals surface area contributed by atoms with Crippen molar-refractivity contribution in [2.75, 3.05) is 5.32 Å². The number of nitrogens with one attached hydrogen (secondary N) is 1. The van der Waals surface area contributed by atoms with Crippen LogP contribution in [0.15, 0.2) is 34.4 Å². The van der Waals surface area contributed by atoms with Gasteiger partial charge in [0.1, 0.15) is 5.56 Å². The number of hydrogen-bond donors (Lipinski definition) is 2. The molecule has 1 aromatic carbocycles. The molecule has 0 saturated heterocycles. The second-order valence-corrected chi connectivity index (χ2v) is 6.41. The first-order valence-electron chi connectivity index (χ1n) is 6.77. The lowest BCUT2D eigenvalue weighted by atomic mass is 10.1. The van der Waals surface area contributed by atoms with E-state index in [4.69, 9.17) is 11.6 Å². The van der Waals surface area contributed by atoms with Crippen LogP contribution in [0.25, 0.3) is 10.2 Å². The van der Waals surface area contributed by atoms with Crippen LogP contribution in [-0.4, -0.2) is 15.6 Å². The zero-order valence-corrected chi connectivity index (χ0v) is 14.0. The van der Waals surface area contributed by atoms with Gasteiger partial charge in [0.25, 0.3) is 11.5 Å². The molecular weight excluding hydrogens is 336 g/mol. The lowest BCUT2D eigenvalue weighted by molar-refractivity contribution is 0.102. The number of fused-ring (bicyclic) bond motifs is 1. The highest BCUT2D eigenvalue weighted by Gasteiger charge is 2.22. The number of carbonyl (C=O) groups is 1. The summed E-state index contributed by atoms with van der Waals surface area (Å²) in [5.41, 5.74) is 0.951. The maximum Gasteiger partial charge on any atom is 0.267 e. The first-order valence-corrected chi connectivity index (χ1v) is 8.03. The third-order valence-electron chi connectivity index (χ3n) is 3.72. The third-order valence-corrected chi connectivity index (χ3v) is 5.04. The Morgan fingerprint density at radius 1 is 1.35 bits per heavy atom. The Balaban J connectivity index is 2.11. The van der Waals surface area contributed by atoms with Crippen LogP contribution in [0.1, 0.15) is 15.9 Å². The Morgan fingerprint density at radius 3 is 2.83 bits per heavy atom. The molecule has 0 spiro atoms. The molecule has 0 atom stereocenters. The van der Waals surface area contributed by atoms with Crippen LogP contribution in [0.4, 0.5) is 5.69 Å². The molecule has 0 aliphatic heterocycles. The van der Waals surface area contributed by atoms with Gasteiger partial charge in [0.2, 0.25) is 0 Å². The maximum atomic E-state index is 12.5. The maximum absolute atomic E-state index is 12.5. The highest BCUT2D eigenvalue weighted by atomic mass is 35.5. The van der Waals surface area contributed by atoms with Gasteiger partial charge >= 0.3 is 0 Å². The Hall–Kier alpha value is -2.31. The highest BCUT2D eigenvalue weighted by molar-refractivity contribution is 7.17. The monoisotopic (exact) mass is 348 g/mol. The van der Waals surface area contributed by atoms with Crippen LogP contribution >= 0.6 is 22.9 Å². The van der Waals surface area contributed by atoms with Gasteiger partial charge in [-0.3, -0.25) is 9.59 Å². The summed E-state index contributed by atoms with van der Waals surface area (Å²) in [7, 11) is 1.57. The number of amides is 1. The van der Waals surface area contributed by atoms with E-state index in [2.05, 4.69) is 5.32 Å². The number of aromatic hydroxyl groups is 1. The second kappa shape index (κ2) is 5.72. The minimum absolute atomic E-state index is 0.276. The van der Waals surface area contributed by atoms with Gasteiger partial charge in [-0.15, -0.1) is 11.3 Å². The molecule has 0 aliphatic rings. The van der Waals surface area contributed by atoms with Crippen molar-refractivity contribution in [1.29, 1.82) is 0 Å². The number of thiophene rings is 1. The Bertz CT molecular complexity index is 991. The molecule has 7 heteroatoms. The molecule has 0 unspecified atom stereocenters. The van der Waals surface area contributed by atoms with Gasteiger partial charge < -0.3 is 15.0 Å². The molecule has 5 nitrogen and oxygen atoms in total. The average molecular weight is 349 g/mol. The number of benzene rings is 1. The SMILES string of the molecule is Cc1c(Cl)cccc1NC(=O)c1c(O)c2sccc2n(C)c1=O. The van der Waals surface area contributed by atoms with E-state index in [1.807, 2.05) is 0 Å². The minimum Gasteiger partial charge on any atom is -0.505 e. The molecule has 2 N–H and O–H groups in total. The molecule has 23 heavy (non-hydrogen) atoms. The summed E-state index contributed by atoms with van der Waals surface area (Å²) in [6.45, 7) is 1.76. The lowest BCUT2D eigenvalue weighted by Crippen LogP contribution is -2.28. The van der Waals surface area contributed by atoms with Crippen LogP contribution in [0.3, 0.4) is 0 Å². The van der Waals surface area contributed by atoms with Crippen molar-refractivity contribution in [3.8, 4) is 5.75 Å². The lowest BCUT2D eigenvalue weighted by Gasteiger charge is -2.11. The fourth-order valence-electron chi connectivity index (χ4n) is 2.37. The van der Waals surface area contributed by atoms with Crippen molar-refractivity contribution in [2.45, 2.75) is 6.92 Å². The van der Waals surface area contributed by atoms with Crippen LogP contribution in [0, 0.1) is 6.92 Å². The first kappa shape index (κ1) is 15.6. The van der Waals surface area contributed by atoms with E-state index < -0.39 is 11.5 Å². The highest BCUT2D eigenvalue weighted by Crippen LogP contribution is 2.31. The normalized spacial score (nSPS) is 10.9. The van der Waals surface area contributed by atoms with Gasteiger partial charge in [-0.2, -0.15) is 0 Å². The van der Waals surface area contributed by atoms with Crippen molar-refractivity contribution in [3.05, 3.63) is 56.1 Å². The number of anilines is 1. The largest absolute Gasteiger partial charge is 0.505 e. The predicted octanol–water partition coefficient (Wildman–Crippen LogP) is 3.52. The van der Waals surface area contributed by atoms with Crippen LogP contribution in [0.2, 0.25) is 5.02 Å². The van der Waals surface area contributed by atoms with Crippen molar-refractivity contribution < 1.29 is 9.90 Å². The number of pyridine rings is 1. The number of rotatable bonds is 2. The zero-order chi connectivity index (χ0) is 16.7. The van der Waals surface area contributed by atoms with E-state index in [1.165, 1.54) is 15.9 Å². The standard InChI is InChI=1S/C16H13ClN2O3S/c1-8-9(17)4-3-5-10(8)18-15(21)12-13(20)14-11(6-7-23-14)19(2)16(12)22/h3-7,20H,1-2H3,(H,18,21). The fraction of sp³-hybridized carbons (Fsp3) is 0.125. The van der Waals surface area contributed by atoms with E-state index in [-0.39, 0.29) is 11.3 Å². The summed E-state index contributed by atoms with van der Waals surface area (Å²) in [6.07, 6.45) is 0. The first-order chi connectivity index (χ1) is 10.9. The summed E-state index contributed by atoms with van der Waals surface area (Å²) in [6, 6.07) is 6.82. The summed E-state index contributed by atoms with van der Waals surface area (Å²) in [5, 5.41) is 15.2. The number of aromatic nitrogens is 1. The van der Waals surface area contributed by atoms with Gasteiger partial charge in [0.15, 0.2) is 5.75 Å². The number of carbonyl (C=O) groups excluding carboxylic acids is 1. The van der Waals surface area contributed by atoms with Crippen LogP contribution < -0.4 is 10.9 Å². The fourth-order valence-corrected chi connectivity index (χ4v) is 3.42. The molecular formula is C16H13ClN2O3S.